The van der Waals surface area contributed by atoms with Gasteiger partial charge in [-0.1, -0.05) is 127 Å². The Labute approximate surface area is 282 Å². The molecular weight excluding hydrogens is 603 g/mol. The lowest BCUT2D eigenvalue weighted by Gasteiger charge is -2.26. The Morgan fingerprint density at radius 1 is 0.542 bits per heavy atom. The number of para-hydroxylation sites is 1. The molecule has 1 atom stereocenters. The van der Waals surface area contributed by atoms with Gasteiger partial charge in [-0.15, -0.1) is 11.3 Å². The Hall–Kier alpha value is -5.97. The van der Waals surface area contributed by atoms with E-state index in [1.54, 1.807) is 0 Å². The van der Waals surface area contributed by atoms with E-state index in [2.05, 4.69) is 174 Å². The van der Waals surface area contributed by atoms with Crippen molar-refractivity contribution in [2.24, 2.45) is 4.99 Å². The minimum Gasteiger partial charge on any atom is -0.360 e. The average Bonchev–Trinajstić information content (AvgIpc) is 3.71. The van der Waals surface area contributed by atoms with E-state index in [1.165, 1.54) is 53.1 Å². The first-order chi connectivity index (χ1) is 23.8. The van der Waals surface area contributed by atoms with E-state index in [9.17, 15) is 0 Å². The fourth-order valence-corrected chi connectivity index (χ4v) is 8.58. The summed E-state index contributed by atoms with van der Waals surface area (Å²) < 4.78 is 5.09. The van der Waals surface area contributed by atoms with Crippen LogP contribution in [-0.2, 0) is 0 Å². The highest BCUT2D eigenvalue weighted by molar-refractivity contribution is 7.26. The van der Waals surface area contributed by atoms with Gasteiger partial charge in [-0.3, -0.25) is 4.99 Å². The highest BCUT2D eigenvalue weighted by atomic mass is 32.1. The molecule has 0 saturated carbocycles. The van der Waals surface area contributed by atoms with Crippen LogP contribution in [0.2, 0.25) is 0 Å². The van der Waals surface area contributed by atoms with Crippen molar-refractivity contribution in [2.45, 2.75) is 6.17 Å². The Kier molecular flexibility index (Phi) is 6.11. The van der Waals surface area contributed by atoms with Gasteiger partial charge in [0.05, 0.1) is 21.4 Å². The number of benzene rings is 7. The molecule has 9 aromatic rings. The maximum Gasteiger partial charge on any atom is 0.145 e. The third-order valence-corrected chi connectivity index (χ3v) is 10.8. The van der Waals surface area contributed by atoms with Gasteiger partial charge in [0.15, 0.2) is 0 Å². The van der Waals surface area contributed by atoms with Crippen molar-refractivity contribution in [3.8, 4) is 16.8 Å². The van der Waals surface area contributed by atoms with Crippen molar-refractivity contribution in [3.05, 3.63) is 180 Å². The number of thiophene rings is 1. The third kappa shape index (κ3) is 4.23. The molecule has 0 amide bonds. The van der Waals surface area contributed by atoms with Gasteiger partial charge >= 0.3 is 0 Å². The van der Waals surface area contributed by atoms with Crippen LogP contribution in [0.4, 0.5) is 5.69 Å². The zero-order chi connectivity index (χ0) is 31.6. The lowest BCUT2D eigenvalue weighted by molar-refractivity contribution is 0.827. The molecule has 3 nitrogen and oxygen atoms in total. The van der Waals surface area contributed by atoms with Gasteiger partial charge in [0, 0.05) is 48.7 Å². The lowest BCUT2D eigenvalue weighted by atomic mass is 9.97. The van der Waals surface area contributed by atoms with Crippen LogP contribution in [0.25, 0.3) is 58.8 Å². The van der Waals surface area contributed by atoms with Crippen LogP contribution in [0.15, 0.2) is 169 Å². The molecule has 1 unspecified atom stereocenters. The van der Waals surface area contributed by atoms with E-state index in [0.29, 0.717) is 0 Å². The van der Waals surface area contributed by atoms with Crippen LogP contribution in [0.1, 0.15) is 22.9 Å². The molecule has 0 fully saturated rings. The standard InChI is InChI=1S/C44H29N3S/c1-3-11-28(12-4-1)31-21-26-39-37(27-31)34-24-25-35-33-15-8-10-18-40(33)48-43(35)42(34)47(39)32-22-19-30(20-23-32)44-45-38-17-9-7-16-36(38)41(46-44)29-13-5-2-6-14-29/h1-27,44-45H. The van der Waals surface area contributed by atoms with Crippen LogP contribution in [0.3, 0.4) is 0 Å². The summed E-state index contributed by atoms with van der Waals surface area (Å²) in [7, 11) is 0. The highest BCUT2D eigenvalue weighted by Crippen LogP contribution is 2.44. The van der Waals surface area contributed by atoms with Crippen LogP contribution < -0.4 is 5.32 Å². The molecule has 7 aromatic carbocycles. The van der Waals surface area contributed by atoms with Gasteiger partial charge in [-0.25, -0.2) is 0 Å². The van der Waals surface area contributed by atoms with Crippen LogP contribution in [0, 0.1) is 0 Å². The first-order valence-electron chi connectivity index (χ1n) is 16.3. The summed E-state index contributed by atoms with van der Waals surface area (Å²) in [5.41, 5.74) is 11.6. The van der Waals surface area contributed by atoms with Crippen molar-refractivity contribution in [3.63, 3.8) is 0 Å². The first-order valence-corrected chi connectivity index (χ1v) is 17.2. The minimum atomic E-state index is -0.190. The number of rotatable bonds is 4. The van der Waals surface area contributed by atoms with Gasteiger partial charge in [0.25, 0.3) is 0 Å². The van der Waals surface area contributed by atoms with Crippen LogP contribution >= 0.6 is 11.3 Å². The van der Waals surface area contributed by atoms with Crippen molar-refractivity contribution < 1.29 is 0 Å². The Bertz CT molecular complexity index is 2680. The number of nitrogens with zero attached hydrogens (tertiary/aromatic N) is 2. The SMILES string of the molecule is c1ccc(C2=NC(c3ccc(-n4c5ccc(-c6ccccc6)cc5c5ccc6c7ccccc7sc6c54)cc3)Nc3ccccc32)cc1. The highest BCUT2D eigenvalue weighted by Gasteiger charge is 2.23. The fraction of sp³-hybridized carbons (Fsp3) is 0.0227. The first kappa shape index (κ1) is 27.2. The van der Waals surface area contributed by atoms with E-state index < -0.39 is 0 Å². The zero-order valence-electron chi connectivity index (χ0n) is 26.0. The van der Waals surface area contributed by atoms with Gasteiger partial charge in [0.1, 0.15) is 6.17 Å². The van der Waals surface area contributed by atoms with Gasteiger partial charge in [-0.05, 0) is 53.1 Å². The predicted octanol–water partition coefficient (Wildman–Crippen LogP) is 11.8. The topological polar surface area (TPSA) is 29.3 Å². The van der Waals surface area contributed by atoms with Gasteiger partial charge < -0.3 is 9.88 Å². The molecule has 3 heterocycles. The Morgan fingerprint density at radius 2 is 1.25 bits per heavy atom. The molecule has 0 aliphatic carbocycles. The van der Waals surface area contributed by atoms with Crippen molar-refractivity contribution in [1.29, 1.82) is 0 Å². The zero-order valence-corrected chi connectivity index (χ0v) is 26.8. The Morgan fingerprint density at radius 3 is 2.08 bits per heavy atom. The second-order valence-corrected chi connectivity index (χ2v) is 13.4. The fourth-order valence-electron chi connectivity index (χ4n) is 7.34. The molecule has 0 bridgehead atoms. The summed E-state index contributed by atoms with van der Waals surface area (Å²) in [6.07, 6.45) is -0.190. The number of aliphatic imine (C=N–C) groups is 1. The number of hydrogen-bond acceptors (Lipinski definition) is 3. The molecule has 226 valence electrons. The summed E-state index contributed by atoms with van der Waals surface area (Å²) >= 11 is 1.88. The van der Waals surface area contributed by atoms with Gasteiger partial charge in [-0.2, -0.15) is 0 Å². The minimum absolute atomic E-state index is 0.190. The van der Waals surface area contributed by atoms with E-state index in [0.717, 1.165) is 33.8 Å². The van der Waals surface area contributed by atoms with E-state index in [1.807, 2.05) is 11.3 Å². The molecule has 0 radical (unpaired) electrons. The Balaban J connectivity index is 1.16. The third-order valence-electron chi connectivity index (χ3n) is 9.63. The summed E-state index contributed by atoms with van der Waals surface area (Å²) in [6.45, 7) is 0. The van der Waals surface area contributed by atoms with Crippen molar-refractivity contribution >= 4 is 64.7 Å². The average molecular weight is 632 g/mol. The maximum atomic E-state index is 5.26. The largest absolute Gasteiger partial charge is 0.360 e. The molecular formula is C44H29N3S. The monoisotopic (exact) mass is 631 g/mol. The van der Waals surface area contributed by atoms with Gasteiger partial charge in [0.2, 0.25) is 0 Å². The van der Waals surface area contributed by atoms with Crippen molar-refractivity contribution in [2.75, 3.05) is 5.32 Å². The van der Waals surface area contributed by atoms with Crippen LogP contribution in [-0.4, -0.2) is 10.3 Å². The van der Waals surface area contributed by atoms with E-state index in [-0.39, 0.29) is 6.17 Å². The second kappa shape index (κ2) is 10.8. The molecule has 1 aliphatic rings. The normalized spacial score (nSPS) is 14.3. The molecule has 0 spiro atoms. The van der Waals surface area contributed by atoms with Crippen molar-refractivity contribution in [1.82, 2.24) is 4.57 Å². The number of aromatic nitrogens is 1. The number of fused-ring (bicyclic) bond motifs is 8. The van der Waals surface area contributed by atoms with E-state index >= 15 is 0 Å². The molecule has 1 N–H and O–H groups in total. The number of hydrogen-bond donors (Lipinski definition) is 1. The quantitative estimate of drug-likeness (QED) is 0.206. The van der Waals surface area contributed by atoms with E-state index in [4.69, 9.17) is 4.99 Å². The summed E-state index contributed by atoms with van der Waals surface area (Å²) in [5.74, 6) is 0. The second-order valence-electron chi connectivity index (χ2n) is 12.4. The molecule has 1 aliphatic heterocycles. The summed E-state index contributed by atoms with van der Waals surface area (Å²) in [6, 6.07) is 58.9. The van der Waals surface area contributed by atoms with Crippen LogP contribution in [0.5, 0.6) is 0 Å². The maximum absolute atomic E-state index is 5.26. The lowest BCUT2D eigenvalue weighted by Crippen LogP contribution is -2.20. The molecule has 2 aromatic heterocycles. The number of nitrogens with one attached hydrogen (secondary N) is 1. The molecule has 4 heteroatoms. The molecule has 48 heavy (non-hydrogen) atoms. The summed E-state index contributed by atoms with van der Waals surface area (Å²) in [4.78, 5) is 5.26. The number of anilines is 1. The molecule has 0 saturated heterocycles. The predicted molar refractivity (Wildman–Crippen MR) is 204 cm³/mol. The molecule has 10 rings (SSSR count). The smallest absolute Gasteiger partial charge is 0.145 e. The summed E-state index contributed by atoms with van der Waals surface area (Å²) in [5, 5.41) is 8.85.